The van der Waals surface area contributed by atoms with Crippen LogP contribution >= 0.6 is 0 Å². The maximum absolute atomic E-state index is 5.47. The van der Waals surface area contributed by atoms with Crippen molar-refractivity contribution in [2.24, 2.45) is 0 Å². The summed E-state index contributed by atoms with van der Waals surface area (Å²) < 4.78 is 5.47. The molecule has 142 valence electrons. The number of para-hydroxylation sites is 1. The van der Waals surface area contributed by atoms with E-state index in [0.717, 1.165) is 30.8 Å². The van der Waals surface area contributed by atoms with Crippen molar-refractivity contribution in [1.29, 1.82) is 0 Å². The van der Waals surface area contributed by atoms with Crippen LogP contribution in [0.15, 0.2) is 48.5 Å². The first-order valence-corrected chi connectivity index (χ1v) is 9.51. The highest BCUT2D eigenvalue weighted by Crippen LogP contribution is 2.30. The Morgan fingerprint density at radius 3 is 2.31 bits per heavy atom. The van der Waals surface area contributed by atoms with Crippen molar-refractivity contribution in [3.63, 3.8) is 0 Å². The van der Waals surface area contributed by atoms with Crippen molar-refractivity contribution in [3.8, 4) is 16.9 Å². The molecule has 1 unspecified atom stereocenters. The molecule has 2 aromatic carbocycles. The van der Waals surface area contributed by atoms with E-state index in [1.165, 1.54) is 11.1 Å². The minimum absolute atomic E-state index is 0.236. The van der Waals surface area contributed by atoms with E-state index in [2.05, 4.69) is 75.3 Å². The highest BCUT2D eigenvalue weighted by molar-refractivity contribution is 5.70. The molecule has 0 aliphatic heterocycles. The van der Waals surface area contributed by atoms with E-state index in [9.17, 15) is 0 Å². The molecule has 0 saturated heterocycles. The topological polar surface area (TPSA) is 24.5 Å². The van der Waals surface area contributed by atoms with Gasteiger partial charge in [-0.25, -0.2) is 0 Å². The lowest BCUT2D eigenvalue weighted by molar-refractivity contribution is 0.173. The highest BCUT2D eigenvalue weighted by Gasteiger charge is 2.16. The van der Waals surface area contributed by atoms with Gasteiger partial charge in [0.25, 0.3) is 0 Å². The minimum atomic E-state index is 0.236. The van der Waals surface area contributed by atoms with Crippen molar-refractivity contribution >= 4 is 0 Å². The predicted octanol–water partition coefficient (Wildman–Crippen LogP) is 5.13. The Morgan fingerprint density at radius 1 is 1.04 bits per heavy atom. The number of ether oxygens (including phenoxy) is 1. The SMILES string of the molecule is COc1ccccc1-c1ccc(C(C)NCCCN(C)C(C)(C)C)cc1. The average molecular weight is 355 g/mol. The molecule has 0 aliphatic carbocycles. The normalized spacial score (nSPS) is 13.0. The molecule has 0 fully saturated rings. The standard InChI is InChI=1S/C23H34N2O/c1-18(24-16-9-17-25(5)23(2,3)4)19-12-14-20(15-13-19)21-10-7-8-11-22(21)26-6/h7-8,10-15,18,24H,9,16-17H2,1-6H3. The molecule has 0 aliphatic rings. The van der Waals surface area contributed by atoms with Gasteiger partial charge >= 0.3 is 0 Å². The molecule has 0 aromatic heterocycles. The molecule has 0 radical (unpaired) electrons. The third-order valence-electron chi connectivity index (χ3n) is 5.09. The molecule has 2 aromatic rings. The van der Waals surface area contributed by atoms with E-state index in [1.54, 1.807) is 7.11 Å². The number of nitrogens with zero attached hydrogens (tertiary/aromatic N) is 1. The summed E-state index contributed by atoms with van der Waals surface area (Å²) in [7, 11) is 3.91. The smallest absolute Gasteiger partial charge is 0.126 e. The van der Waals surface area contributed by atoms with Crippen molar-refractivity contribution in [2.45, 2.75) is 45.7 Å². The monoisotopic (exact) mass is 354 g/mol. The second-order valence-electron chi connectivity index (χ2n) is 7.94. The van der Waals surface area contributed by atoms with Gasteiger partial charge in [0.05, 0.1) is 7.11 Å². The van der Waals surface area contributed by atoms with Gasteiger partial charge in [-0.1, -0.05) is 42.5 Å². The van der Waals surface area contributed by atoms with Gasteiger partial charge in [0.15, 0.2) is 0 Å². The number of hydrogen-bond donors (Lipinski definition) is 1. The second-order valence-corrected chi connectivity index (χ2v) is 7.94. The molecule has 3 heteroatoms. The van der Waals surface area contributed by atoms with E-state index in [4.69, 9.17) is 4.74 Å². The molecular weight excluding hydrogens is 320 g/mol. The lowest BCUT2D eigenvalue weighted by Crippen LogP contribution is -2.39. The summed E-state index contributed by atoms with van der Waals surface area (Å²) in [6, 6.07) is 17.3. The fraction of sp³-hybridized carbons (Fsp3) is 0.478. The van der Waals surface area contributed by atoms with Gasteiger partial charge in [-0.3, -0.25) is 0 Å². The highest BCUT2D eigenvalue weighted by atomic mass is 16.5. The van der Waals surface area contributed by atoms with E-state index in [-0.39, 0.29) is 5.54 Å². The Kier molecular flexibility index (Phi) is 7.24. The molecule has 0 saturated carbocycles. The van der Waals surface area contributed by atoms with Crippen LogP contribution in [0.4, 0.5) is 0 Å². The van der Waals surface area contributed by atoms with Crippen LogP contribution in [0.2, 0.25) is 0 Å². The third kappa shape index (κ3) is 5.58. The van der Waals surface area contributed by atoms with Gasteiger partial charge < -0.3 is 15.0 Å². The fourth-order valence-corrected chi connectivity index (χ4v) is 2.92. The third-order valence-corrected chi connectivity index (χ3v) is 5.09. The van der Waals surface area contributed by atoms with Gasteiger partial charge in [-0.05, 0) is 71.4 Å². The fourth-order valence-electron chi connectivity index (χ4n) is 2.92. The molecule has 0 heterocycles. The van der Waals surface area contributed by atoms with Crippen LogP contribution in [0.5, 0.6) is 5.75 Å². The molecular formula is C23H34N2O. The summed E-state index contributed by atoms with van der Waals surface area (Å²) in [6.45, 7) is 11.1. The molecule has 1 N–H and O–H groups in total. The van der Waals surface area contributed by atoms with Crippen LogP contribution in [-0.2, 0) is 0 Å². The minimum Gasteiger partial charge on any atom is -0.496 e. The molecule has 0 spiro atoms. The second kappa shape index (κ2) is 9.20. The molecule has 26 heavy (non-hydrogen) atoms. The Bertz CT molecular complexity index is 673. The lowest BCUT2D eigenvalue weighted by Gasteiger charge is -2.32. The number of hydrogen-bond acceptors (Lipinski definition) is 3. The first-order chi connectivity index (χ1) is 12.3. The zero-order valence-electron chi connectivity index (χ0n) is 17.2. The van der Waals surface area contributed by atoms with E-state index in [1.807, 2.05) is 18.2 Å². The summed E-state index contributed by atoms with van der Waals surface area (Å²) in [6.07, 6.45) is 1.15. The number of nitrogens with one attached hydrogen (secondary N) is 1. The van der Waals surface area contributed by atoms with Crippen LogP contribution < -0.4 is 10.1 Å². The summed E-state index contributed by atoms with van der Waals surface area (Å²) in [4.78, 5) is 2.40. The van der Waals surface area contributed by atoms with Crippen LogP contribution in [-0.4, -0.2) is 37.7 Å². The van der Waals surface area contributed by atoms with Crippen molar-refractivity contribution in [1.82, 2.24) is 10.2 Å². The number of methoxy groups -OCH3 is 1. The van der Waals surface area contributed by atoms with Crippen LogP contribution in [0.25, 0.3) is 11.1 Å². The van der Waals surface area contributed by atoms with E-state index < -0.39 is 0 Å². The van der Waals surface area contributed by atoms with E-state index in [0.29, 0.717) is 6.04 Å². The summed E-state index contributed by atoms with van der Waals surface area (Å²) in [5, 5.41) is 3.64. The first-order valence-electron chi connectivity index (χ1n) is 9.51. The molecule has 0 bridgehead atoms. The lowest BCUT2D eigenvalue weighted by atomic mass is 10.0. The Morgan fingerprint density at radius 2 is 1.69 bits per heavy atom. The molecule has 0 amide bonds. The zero-order chi connectivity index (χ0) is 19.2. The largest absolute Gasteiger partial charge is 0.496 e. The summed E-state index contributed by atoms with van der Waals surface area (Å²) in [5.41, 5.74) is 3.87. The van der Waals surface area contributed by atoms with Crippen LogP contribution in [0.3, 0.4) is 0 Å². The van der Waals surface area contributed by atoms with Gasteiger partial charge in [-0.2, -0.15) is 0 Å². The number of benzene rings is 2. The zero-order valence-corrected chi connectivity index (χ0v) is 17.2. The maximum atomic E-state index is 5.47. The molecule has 3 nitrogen and oxygen atoms in total. The Hall–Kier alpha value is -1.84. The van der Waals surface area contributed by atoms with E-state index >= 15 is 0 Å². The van der Waals surface area contributed by atoms with Gasteiger partial charge in [0.2, 0.25) is 0 Å². The molecule has 2 rings (SSSR count). The van der Waals surface area contributed by atoms with Gasteiger partial charge in [0, 0.05) is 17.1 Å². The van der Waals surface area contributed by atoms with Crippen molar-refractivity contribution < 1.29 is 4.74 Å². The average Bonchev–Trinajstić information content (AvgIpc) is 2.64. The van der Waals surface area contributed by atoms with Gasteiger partial charge in [-0.15, -0.1) is 0 Å². The van der Waals surface area contributed by atoms with Crippen molar-refractivity contribution in [2.75, 3.05) is 27.2 Å². The maximum Gasteiger partial charge on any atom is 0.126 e. The summed E-state index contributed by atoms with van der Waals surface area (Å²) in [5.74, 6) is 0.911. The Balaban J connectivity index is 1.90. The first kappa shape index (κ1) is 20.5. The quantitative estimate of drug-likeness (QED) is 0.665. The number of rotatable bonds is 8. The summed E-state index contributed by atoms with van der Waals surface area (Å²) >= 11 is 0. The van der Waals surface area contributed by atoms with Gasteiger partial charge in [0.1, 0.15) is 5.75 Å². The predicted molar refractivity (Wildman–Crippen MR) is 112 cm³/mol. The molecule has 1 atom stereocenters. The van der Waals surface area contributed by atoms with Crippen LogP contribution in [0, 0.1) is 0 Å². The van der Waals surface area contributed by atoms with Crippen LogP contribution in [0.1, 0.15) is 45.7 Å². The Labute approximate surface area is 159 Å². The van der Waals surface area contributed by atoms with Crippen molar-refractivity contribution in [3.05, 3.63) is 54.1 Å².